The number of carbonyl (C=O) groups is 4. The Labute approximate surface area is 187 Å². The van der Waals surface area contributed by atoms with Gasteiger partial charge in [0.2, 0.25) is 11.8 Å². The molecule has 0 radical (unpaired) electrons. The number of fused-ring (bicyclic) bond motifs is 1. The Kier molecular flexibility index (Phi) is 5.97. The van der Waals surface area contributed by atoms with E-state index in [1.165, 1.54) is 16.2 Å². The van der Waals surface area contributed by atoms with Crippen LogP contribution in [0.25, 0.3) is 0 Å². The van der Waals surface area contributed by atoms with Crippen molar-refractivity contribution in [3.63, 3.8) is 0 Å². The number of urea groups is 1. The van der Waals surface area contributed by atoms with Gasteiger partial charge in [0, 0.05) is 33.9 Å². The summed E-state index contributed by atoms with van der Waals surface area (Å²) >= 11 is 7.48. The molecule has 1 aromatic carbocycles. The molecule has 3 heterocycles. The average molecular weight is 461 g/mol. The first-order chi connectivity index (χ1) is 14.8. The van der Waals surface area contributed by atoms with Gasteiger partial charge in [0.1, 0.15) is 6.04 Å². The van der Waals surface area contributed by atoms with Crippen LogP contribution in [-0.2, 0) is 22.7 Å². The predicted molar refractivity (Wildman–Crippen MR) is 117 cm³/mol. The number of halogens is 1. The smallest absolute Gasteiger partial charge is 0.319 e. The molecule has 0 spiro atoms. The van der Waals surface area contributed by atoms with Crippen LogP contribution < -0.4 is 16.0 Å². The van der Waals surface area contributed by atoms with Crippen LogP contribution >= 0.6 is 22.9 Å². The Morgan fingerprint density at radius 1 is 1.32 bits per heavy atom. The van der Waals surface area contributed by atoms with Crippen molar-refractivity contribution in [2.75, 3.05) is 5.32 Å². The van der Waals surface area contributed by atoms with E-state index in [0.29, 0.717) is 29.1 Å². The molecule has 2 aliphatic rings. The topological polar surface area (TPSA) is 108 Å². The second-order valence-electron chi connectivity index (χ2n) is 7.58. The van der Waals surface area contributed by atoms with Crippen molar-refractivity contribution < 1.29 is 19.2 Å². The van der Waals surface area contributed by atoms with E-state index in [1.54, 1.807) is 17.5 Å². The van der Waals surface area contributed by atoms with E-state index in [2.05, 4.69) is 16.0 Å². The number of aryl methyl sites for hydroxylation is 1. The minimum atomic E-state index is -0.660. The van der Waals surface area contributed by atoms with Crippen LogP contribution in [0, 0.1) is 6.92 Å². The quantitative estimate of drug-likeness (QED) is 0.609. The number of carbonyl (C=O) groups excluding carboxylic acids is 4. The maximum Gasteiger partial charge on any atom is 0.319 e. The lowest BCUT2D eigenvalue weighted by molar-refractivity contribution is -0.132. The standard InChI is InChI=1S/C21H21ClN4O4S/c1-11-5-6-12(7-15(11)22)24-21(30)23-8-17-13-9-26(20(29)14(13)10-31-17)16-3-2-4-18(27)25-19(16)28/h5-7,10,16H,2-4,8-9H2,1H3,(H2,23,24,30)(H,25,27,28)/t16-/m0/s1. The molecular formula is C21H21ClN4O4S. The number of nitrogens with one attached hydrogen (secondary N) is 3. The fourth-order valence-corrected chi connectivity index (χ4v) is 4.90. The molecule has 0 bridgehead atoms. The van der Waals surface area contributed by atoms with Crippen LogP contribution in [0.5, 0.6) is 0 Å². The molecule has 3 N–H and O–H groups in total. The SMILES string of the molecule is Cc1ccc(NC(=O)NCc2scc3c2CN([C@H]2CCCC(=O)NC2=O)C3=O)cc1Cl. The maximum absolute atomic E-state index is 12.8. The zero-order chi connectivity index (χ0) is 22.1. The van der Waals surface area contributed by atoms with Gasteiger partial charge in [-0.3, -0.25) is 19.7 Å². The first-order valence-electron chi connectivity index (χ1n) is 9.88. The van der Waals surface area contributed by atoms with Gasteiger partial charge in [0.25, 0.3) is 5.91 Å². The van der Waals surface area contributed by atoms with Gasteiger partial charge in [0.05, 0.1) is 12.1 Å². The average Bonchev–Trinajstić information content (AvgIpc) is 3.21. The number of thiophene rings is 1. The number of rotatable bonds is 4. The highest BCUT2D eigenvalue weighted by atomic mass is 35.5. The normalized spacial score (nSPS) is 18.5. The molecule has 0 saturated carbocycles. The number of anilines is 1. The Bertz CT molecular complexity index is 1080. The number of benzene rings is 1. The van der Waals surface area contributed by atoms with Crippen LogP contribution in [0.2, 0.25) is 5.02 Å². The molecule has 4 rings (SSSR count). The van der Waals surface area contributed by atoms with Crippen LogP contribution in [0.3, 0.4) is 0 Å². The van der Waals surface area contributed by atoms with Crippen molar-refractivity contribution in [3.8, 4) is 0 Å². The van der Waals surface area contributed by atoms with E-state index >= 15 is 0 Å². The number of hydrogen-bond acceptors (Lipinski definition) is 5. The van der Waals surface area contributed by atoms with Crippen molar-refractivity contribution in [1.29, 1.82) is 0 Å². The summed E-state index contributed by atoms with van der Waals surface area (Å²) in [4.78, 5) is 51.4. The third-order valence-electron chi connectivity index (χ3n) is 5.46. The summed E-state index contributed by atoms with van der Waals surface area (Å²) < 4.78 is 0. The maximum atomic E-state index is 12.8. The third-order valence-corrected chi connectivity index (χ3v) is 6.90. The molecule has 0 aliphatic carbocycles. The van der Waals surface area contributed by atoms with Crippen molar-refractivity contribution in [2.45, 2.75) is 45.3 Å². The molecule has 1 saturated heterocycles. The third kappa shape index (κ3) is 4.42. The van der Waals surface area contributed by atoms with Gasteiger partial charge in [-0.05, 0) is 43.0 Å². The van der Waals surface area contributed by atoms with E-state index in [4.69, 9.17) is 11.6 Å². The number of imide groups is 1. The molecule has 2 aromatic rings. The zero-order valence-corrected chi connectivity index (χ0v) is 18.4. The first-order valence-corrected chi connectivity index (χ1v) is 11.1. The predicted octanol–water partition coefficient (Wildman–Crippen LogP) is 3.18. The number of amides is 5. The van der Waals surface area contributed by atoms with E-state index in [0.717, 1.165) is 16.0 Å². The summed E-state index contributed by atoms with van der Waals surface area (Å²) in [6.07, 6.45) is 1.28. The van der Waals surface area contributed by atoms with Crippen LogP contribution in [0.15, 0.2) is 23.6 Å². The molecule has 8 nitrogen and oxygen atoms in total. The monoisotopic (exact) mass is 460 g/mol. The van der Waals surface area contributed by atoms with E-state index in [9.17, 15) is 19.2 Å². The summed E-state index contributed by atoms with van der Waals surface area (Å²) in [6, 6.07) is 4.22. The van der Waals surface area contributed by atoms with Crippen LogP contribution in [-0.4, -0.2) is 34.7 Å². The fourth-order valence-electron chi connectivity index (χ4n) is 3.75. The van der Waals surface area contributed by atoms with Gasteiger partial charge in [-0.25, -0.2) is 4.79 Å². The summed E-state index contributed by atoms with van der Waals surface area (Å²) in [7, 11) is 0. The minimum absolute atomic E-state index is 0.217. The zero-order valence-electron chi connectivity index (χ0n) is 16.8. The summed E-state index contributed by atoms with van der Waals surface area (Å²) in [6.45, 7) is 2.42. The lowest BCUT2D eigenvalue weighted by atomic mass is 10.1. The fraction of sp³-hybridized carbons (Fsp3) is 0.333. The lowest BCUT2D eigenvalue weighted by Gasteiger charge is -2.25. The second kappa shape index (κ2) is 8.68. The van der Waals surface area contributed by atoms with E-state index < -0.39 is 11.9 Å². The molecule has 1 atom stereocenters. The number of nitrogens with zero attached hydrogens (tertiary/aromatic N) is 1. The van der Waals surface area contributed by atoms with Gasteiger partial charge in [-0.1, -0.05) is 17.7 Å². The molecule has 1 aromatic heterocycles. The largest absolute Gasteiger partial charge is 0.333 e. The molecule has 1 fully saturated rings. The highest BCUT2D eigenvalue weighted by Gasteiger charge is 2.39. The van der Waals surface area contributed by atoms with Crippen molar-refractivity contribution >= 4 is 52.4 Å². The first kappa shape index (κ1) is 21.3. The summed E-state index contributed by atoms with van der Waals surface area (Å²) in [5, 5.41) is 10.2. The molecule has 0 unspecified atom stereocenters. The Morgan fingerprint density at radius 3 is 2.90 bits per heavy atom. The Morgan fingerprint density at radius 2 is 2.13 bits per heavy atom. The second-order valence-corrected chi connectivity index (χ2v) is 8.95. The van der Waals surface area contributed by atoms with Gasteiger partial charge >= 0.3 is 6.03 Å². The van der Waals surface area contributed by atoms with E-state index in [-0.39, 0.29) is 37.4 Å². The van der Waals surface area contributed by atoms with Crippen molar-refractivity contribution in [1.82, 2.24) is 15.5 Å². The molecule has 10 heteroatoms. The minimum Gasteiger partial charge on any atom is -0.333 e. The Balaban J connectivity index is 1.40. The van der Waals surface area contributed by atoms with Crippen LogP contribution in [0.1, 0.15) is 45.6 Å². The molecule has 162 valence electrons. The number of hydrogen-bond donors (Lipinski definition) is 3. The van der Waals surface area contributed by atoms with Gasteiger partial charge < -0.3 is 15.5 Å². The van der Waals surface area contributed by atoms with Crippen molar-refractivity contribution in [2.24, 2.45) is 0 Å². The lowest BCUT2D eigenvalue weighted by Crippen LogP contribution is -2.47. The highest BCUT2D eigenvalue weighted by molar-refractivity contribution is 7.10. The van der Waals surface area contributed by atoms with Gasteiger partial charge in [-0.15, -0.1) is 11.3 Å². The molecular weight excluding hydrogens is 440 g/mol. The van der Waals surface area contributed by atoms with Gasteiger partial charge in [-0.2, -0.15) is 0 Å². The van der Waals surface area contributed by atoms with E-state index in [1.807, 2.05) is 13.0 Å². The Hall–Kier alpha value is -2.91. The van der Waals surface area contributed by atoms with Gasteiger partial charge in [0.15, 0.2) is 0 Å². The molecule has 2 aliphatic heterocycles. The summed E-state index contributed by atoms with van der Waals surface area (Å²) in [5.74, 6) is -0.953. The summed E-state index contributed by atoms with van der Waals surface area (Å²) in [5.41, 5.74) is 2.87. The molecule has 5 amide bonds. The highest BCUT2D eigenvalue weighted by Crippen LogP contribution is 2.33. The molecule has 31 heavy (non-hydrogen) atoms. The van der Waals surface area contributed by atoms with Crippen LogP contribution in [0.4, 0.5) is 10.5 Å². The van der Waals surface area contributed by atoms with Crippen molar-refractivity contribution in [3.05, 3.63) is 50.2 Å².